The Kier molecular flexibility index (Phi) is 9.94. The molecule has 0 aliphatic carbocycles. The zero-order valence-electron chi connectivity index (χ0n) is 13.2. The van der Waals surface area contributed by atoms with Crippen molar-refractivity contribution < 1.29 is 4.74 Å². The van der Waals surface area contributed by atoms with Crippen LogP contribution >= 0.6 is 51.2 Å². The fourth-order valence-corrected chi connectivity index (χ4v) is 3.91. The monoisotopic (exact) mass is 501 g/mol. The van der Waals surface area contributed by atoms with Crippen LogP contribution in [-0.2, 0) is 11.3 Å². The number of rotatable bonds is 5. The third-order valence-corrected chi connectivity index (χ3v) is 5.53. The van der Waals surface area contributed by atoms with Crippen molar-refractivity contribution in [1.29, 1.82) is 0 Å². The first-order valence-electron chi connectivity index (χ1n) is 7.41. The highest BCUT2D eigenvalue weighted by molar-refractivity contribution is 14.0. The van der Waals surface area contributed by atoms with Gasteiger partial charge in [0.05, 0.1) is 6.54 Å². The molecule has 0 spiro atoms. The van der Waals surface area contributed by atoms with Crippen LogP contribution in [0.25, 0.3) is 0 Å². The van der Waals surface area contributed by atoms with Crippen molar-refractivity contribution in [2.24, 2.45) is 10.9 Å². The minimum absolute atomic E-state index is 0. The molecule has 0 bridgehead atoms. The molecule has 7 heteroatoms. The number of hydrogen-bond donors (Lipinski definition) is 1. The Bertz CT molecular complexity index is 463. The number of ether oxygens (including phenoxy) is 1. The molecular formula is C15H25BrIN3OS. The number of hydrogen-bond acceptors (Lipinski definition) is 3. The van der Waals surface area contributed by atoms with E-state index in [1.165, 1.54) is 24.1 Å². The van der Waals surface area contributed by atoms with E-state index in [0.717, 1.165) is 42.7 Å². The topological polar surface area (TPSA) is 36.9 Å². The number of halogens is 2. The molecule has 1 aliphatic rings. The average Bonchev–Trinajstić information content (AvgIpc) is 2.92. The van der Waals surface area contributed by atoms with Crippen LogP contribution in [0.4, 0.5) is 0 Å². The lowest BCUT2D eigenvalue weighted by molar-refractivity contribution is 0.0625. The number of aliphatic imine (C=N–C) groups is 1. The summed E-state index contributed by atoms with van der Waals surface area (Å²) in [6.45, 7) is 3.71. The minimum Gasteiger partial charge on any atom is -0.381 e. The van der Waals surface area contributed by atoms with E-state index in [1.54, 1.807) is 11.3 Å². The Morgan fingerprint density at radius 1 is 1.50 bits per heavy atom. The molecule has 0 atom stereocenters. The molecule has 2 heterocycles. The largest absolute Gasteiger partial charge is 0.381 e. The zero-order chi connectivity index (χ0) is 15.1. The summed E-state index contributed by atoms with van der Waals surface area (Å²) >= 11 is 5.24. The number of nitrogens with zero attached hydrogens (tertiary/aromatic N) is 2. The van der Waals surface area contributed by atoms with Crippen LogP contribution in [-0.4, -0.2) is 44.7 Å². The molecule has 22 heavy (non-hydrogen) atoms. The van der Waals surface area contributed by atoms with Gasteiger partial charge in [0.15, 0.2) is 5.96 Å². The van der Waals surface area contributed by atoms with Crippen LogP contribution in [0.2, 0.25) is 0 Å². The molecule has 1 fully saturated rings. The molecule has 1 aliphatic heterocycles. The van der Waals surface area contributed by atoms with Crippen LogP contribution in [0.5, 0.6) is 0 Å². The van der Waals surface area contributed by atoms with Crippen molar-refractivity contribution in [1.82, 2.24) is 10.2 Å². The minimum atomic E-state index is 0. The molecule has 0 amide bonds. The highest BCUT2D eigenvalue weighted by Gasteiger charge is 2.15. The summed E-state index contributed by atoms with van der Waals surface area (Å²) in [7, 11) is 3.95. The van der Waals surface area contributed by atoms with E-state index < -0.39 is 0 Å². The van der Waals surface area contributed by atoms with Gasteiger partial charge in [-0.05, 0) is 47.2 Å². The Morgan fingerprint density at radius 3 is 2.82 bits per heavy atom. The third kappa shape index (κ3) is 6.72. The molecule has 0 radical (unpaired) electrons. The van der Waals surface area contributed by atoms with Crippen LogP contribution in [0.1, 0.15) is 24.1 Å². The van der Waals surface area contributed by atoms with Crippen molar-refractivity contribution in [2.45, 2.75) is 25.8 Å². The first-order valence-corrected chi connectivity index (χ1v) is 9.08. The first kappa shape index (κ1) is 20.2. The van der Waals surface area contributed by atoms with Gasteiger partial charge < -0.3 is 15.0 Å². The molecule has 1 aromatic rings. The Balaban J connectivity index is 0.00000242. The molecule has 1 saturated heterocycles. The molecule has 126 valence electrons. The van der Waals surface area contributed by atoms with E-state index >= 15 is 0 Å². The van der Waals surface area contributed by atoms with Crippen LogP contribution in [0.15, 0.2) is 20.9 Å². The highest BCUT2D eigenvalue weighted by atomic mass is 127. The van der Waals surface area contributed by atoms with Crippen LogP contribution in [0.3, 0.4) is 0 Å². The SMILES string of the molecule is CN=C(NCc1cc(Br)cs1)N(C)CCC1CCOCC1.I. The third-order valence-electron chi connectivity index (χ3n) is 3.83. The molecule has 4 nitrogen and oxygen atoms in total. The van der Waals surface area contributed by atoms with Gasteiger partial charge in [0.1, 0.15) is 0 Å². The smallest absolute Gasteiger partial charge is 0.193 e. The predicted octanol–water partition coefficient (Wildman–Crippen LogP) is 3.95. The molecule has 2 rings (SSSR count). The van der Waals surface area contributed by atoms with Crippen molar-refractivity contribution in [2.75, 3.05) is 33.9 Å². The summed E-state index contributed by atoms with van der Waals surface area (Å²) in [5.74, 6) is 1.76. The van der Waals surface area contributed by atoms with E-state index in [1.807, 2.05) is 7.05 Å². The molecular weight excluding hydrogens is 477 g/mol. The number of thiophene rings is 1. The van der Waals surface area contributed by atoms with Crippen molar-refractivity contribution in [3.63, 3.8) is 0 Å². The van der Waals surface area contributed by atoms with Gasteiger partial charge in [-0.25, -0.2) is 0 Å². The maximum Gasteiger partial charge on any atom is 0.193 e. The summed E-state index contributed by atoms with van der Waals surface area (Å²) in [6.07, 6.45) is 3.61. The summed E-state index contributed by atoms with van der Waals surface area (Å²) in [6, 6.07) is 2.15. The fourth-order valence-electron chi connectivity index (χ4n) is 2.51. The Hall–Kier alpha value is 0.140. The zero-order valence-corrected chi connectivity index (χ0v) is 17.9. The van der Waals surface area contributed by atoms with E-state index in [2.05, 4.69) is 49.6 Å². The van der Waals surface area contributed by atoms with Crippen LogP contribution in [0, 0.1) is 5.92 Å². The summed E-state index contributed by atoms with van der Waals surface area (Å²) in [4.78, 5) is 7.90. The lowest BCUT2D eigenvalue weighted by atomic mass is 9.96. The summed E-state index contributed by atoms with van der Waals surface area (Å²) in [5, 5.41) is 5.53. The normalized spacial score (nSPS) is 16.2. The first-order chi connectivity index (χ1) is 10.2. The fraction of sp³-hybridized carbons (Fsp3) is 0.667. The number of nitrogens with one attached hydrogen (secondary N) is 1. The lowest BCUT2D eigenvalue weighted by Crippen LogP contribution is -2.39. The Morgan fingerprint density at radius 2 is 2.23 bits per heavy atom. The molecule has 0 aromatic carbocycles. The van der Waals surface area contributed by atoms with Gasteiger partial charge in [-0.2, -0.15) is 0 Å². The highest BCUT2D eigenvalue weighted by Crippen LogP contribution is 2.20. The second kappa shape index (κ2) is 10.8. The van der Waals surface area contributed by atoms with Gasteiger partial charge in [-0.15, -0.1) is 35.3 Å². The van der Waals surface area contributed by atoms with Crippen molar-refractivity contribution >= 4 is 57.2 Å². The van der Waals surface area contributed by atoms with E-state index in [9.17, 15) is 0 Å². The number of guanidine groups is 1. The Labute approximate surface area is 162 Å². The standard InChI is InChI=1S/C15H24BrN3OS.HI/c1-17-15(18-10-14-9-13(16)11-21-14)19(2)6-3-12-4-7-20-8-5-12;/h9,11-12H,3-8,10H2,1-2H3,(H,17,18);1H. The van der Waals surface area contributed by atoms with Crippen molar-refractivity contribution in [3.8, 4) is 0 Å². The average molecular weight is 502 g/mol. The van der Waals surface area contributed by atoms with Crippen molar-refractivity contribution in [3.05, 3.63) is 20.8 Å². The molecule has 1 N–H and O–H groups in total. The van der Waals surface area contributed by atoms with Gasteiger partial charge in [0.25, 0.3) is 0 Å². The van der Waals surface area contributed by atoms with Gasteiger partial charge in [-0.1, -0.05) is 0 Å². The van der Waals surface area contributed by atoms with Gasteiger partial charge in [0.2, 0.25) is 0 Å². The molecule has 0 unspecified atom stereocenters. The summed E-state index contributed by atoms with van der Waals surface area (Å²) < 4.78 is 6.56. The predicted molar refractivity (Wildman–Crippen MR) is 108 cm³/mol. The molecule has 0 saturated carbocycles. The quantitative estimate of drug-likeness (QED) is 0.377. The van der Waals surface area contributed by atoms with Gasteiger partial charge in [0, 0.05) is 48.6 Å². The van der Waals surface area contributed by atoms with Crippen LogP contribution < -0.4 is 5.32 Å². The molecule has 1 aromatic heterocycles. The second-order valence-corrected chi connectivity index (χ2v) is 7.31. The van der Waals surface area contributed by atoms with Gasteiger partial charge in [-0.3, -0.25) is 4.99 Å². The van der Waals surface area contributed by atoms with E-state index in [0.29, 0.717) is 0 Å². The van der Waals surface area contributed by atoms with Gasteiger partial charge >= 0.3 is 0 Å². The van der Waals surface area contributed by atoms with E-state index in [4.69, 9.17) is 4.74 Å². The maximum absolute atomic E-state index is 5.41. The maximum atomic E-state index is 5.41. The van der Waals surface area contributed by atoms with E-state index in [-0.39, 0.29) is 24.0 Å². The lowest BCUT2D eigenvalue weighted by Gasteiger charge is -2.26. The second-order valence-electron chi connectivity index (χ2n) is 5.40. The summed E-state index contributed by atoms with van der Waals surface area (Å²) in [5.41, 5.74) is 0.